The lowest BCUT2D eigenvalue weighted by Crippen LogP contribution is -2.18. The van der Waals surface area contributed by atoms with Gasteiger partial charge in [0.1, 0.15) is 6.61 Å². The highest BCUT2D eigenvalue weighted by atomic mass is 16.5. The van der Waals surface area contributed by atoms with Crippen molar-refractivity contribution in [1.82, 2.24) is 10.5 Å². The van der Waals surface area contributed by atoms with Crippen LogP contribution >= 0.6 is 0 Å². The molecule has 0 aliphatic heterocycles. The molecule has 0 aliphatic rings. The number of ether oxygens (including phenoxy) is 2. The van der Waals surface area contributed by atoms with Crippen LogP contribution in [0.1, 0.15) is 25.2 Å². The summed E-state index contributed by atoms with van der Waals surface area (Å²) in [6.07, 6.45) is 1.60. The fourth-order valence-corrected chi connectivity index (χ4v) is 1.91. The molecule has 0 fully saturated rings. The maximum absolute atomic E-state index is 5.69. The Kier molecular flexibility index (Phi) is 5.63. The van der Waals surface area contributed by atoms with Crippen LogP contribution in [0.3, 0.4) is 0 Å². The van der Waals surface area contributed by atoms with Crippen molar-refractivity contribution in [3.8, 4) is 11.5 Å². The highest BCUT2D eigenvalue weighted by molar-refractivity contribution is 5.43. The molecule has 5 nitrogen and oxygen atoms in total. The molecule has 1 heterocycles. The molecule has 0 radical (unpaired) electrons. The Labute approximate surface area is 125 Å². The summed E-state index contributed by atoms with van der Waals surface area (Å²) in [5, 5.41) is 7.05. The molecule has 0 spiro atoms. The standard InChI is InChI=1S/C16H22N2O3/c1-12(2)9-17-10-13-4-5-15(16(8-13)19-3)20-11-14-6-7-18-21-14/h4-8,12,17H,9-11H2,1-3H3. The van der Waals surface area contributed by atoms with Crippen molar-refractivity contribution in [1.29, 1.82) is 0 Å². The third kappa shape index (κ3) is 4.79. The normalized spacial score (nSPS) is 10.9. The Bertz CT molecular complexity index is 538. The van der Waals surface area contributed by atoms with Gasteiger partial charge in [-0.1, -0.05) is 25.1 Å². The van der Waals surface area contributed by atoms with Gasteiger partial charge in [-0.15, -0.1) is 0 Å². The van der Waals surface area contributed by atoms with Gasteiger partial charge in [-0.2, -0.15) is 0 Å². The Hall–Kier alpha value is -2.01. The van der Waals surface area contributed by atoms with Crippen molar-refractivity contribution in [2.45, 2.75) is 27.0 Å². The second-order valence-electron chi connectivity index (χ2n) is 5.28. The average Bonchev–Trinajstić information content (AvgIpc) is 2.98. The van der Waals surface area contributed by atoms with Crippen molar-refractivity contribution < 1.29 is 14.0 Å². The molecule has 1 aromatic carbocycles. The van der Waals surface area contributed by atoms with Crippen molar-refractivity contribution in [3.05, 3.63) is 41.8 Å². The minimum absolute atomic E-state index is 0.335. The van der Waals surface area contributed by atoms with Gasteiger partial charge in [0.15, 0.2) is 17.3 Å². The van der Waals surface area contributed by atoms with Crippen LogP contribution in [0.4, 0.5) is 0 Å². The van der Waals surface area contributed by atoms with E-state index >= 15 is 0 Å². The zero-order valence-corrected chi connectivity index (χ0v) is 12.8. The highest BCUT2D eigenvalue weighted by Crippen LogP contribution is 2.28. The number of hydrogen-bond acceptors (Lipinski definition) is 5. The van der Waals surface area contributed by atoms with E-state index in [1.165, 1.54) is 5.56 Å². The van der Waals surface area contributed by atoms with Crippen molar-refractivity contribution in [3.63, 3.8) is 0 Å². The predicted molar refractivity (Wildman–Crippen MR) is 80.4 cm³/mol. The molecular formula is C16H22N2O3. The highest BCUT2D eigenvalue weighted by Gasteiger charge is 2.07. The predicted octanol–water partition coefficient (Wildman–Crippen LogP) is 3.01. The molecule has 0 aliphatic carbocycles. The van der Waals surface area contributed by atoms with Crippen LogP contribution in [-0.4, -0.2) is 18.8 Å². The molecule has 1 aromatic heterocycles. The molecule has 0 unspecified atom stereocenters. The Morgan fingerprint density at radius 1 is 1.24 bits per heavy atom. The zero-order chi connectivity index (χ0) is 15.1. The molecule has 0 atom stereocenters. The van der Waals surface area contributed by atoms with Crippen LogP contribution in [0.5, 0.6) is 11.5 Å². The van der Waals surface area contributed by atoms with E-state index in [0.717, 1.165) is 18.8 Å². The number of nitrogens with zero attached hydrogens (tertiary/aromatic N) is 1. The molecule has 5 heteroatoms. The maximum Gasteiger partial charge on any atom is 0.174 e. The Balaban J connectivity index is 1.95. The quantitative estimate of drug-likeness (QED) is 0.810. The van der Waals surface area contributed by atoms with Crippen molar-refractivity contribution in [2.75, 3.05) is 13.7 Å². The number of benzene rings is 1. The van der Waals surface area contributed by atoms with E-state index in [9.17, 15) is 0 Å². The Morgan fingerprint density at radius 2 is 2.10 bits per heavy atom. The molecule has 0 saturated carbocycles. The number of nitrogens with one attached hydrogen (secondary N) is 1. The fourth-order valence-electron chi connectivity index (χ4n) is 1.91. The molecule has 2 aromatic rings. The van der Waals surface area contributed by atoms with Crippen LogP contribution in [0.25, 0.3) is 0 Å². The van der Waals surface area contributed by atoms with E-state index in [0.29, 0.717) is 24.0 Å². The van der Waals surface area contributed by atoms with Gasteiger partial charge in [-0.3, -0.25) is 0 Å². The summed E-state index contributed by atoms with van der Waals surface area (Å²) in [6, 6.07) is 7.72. The summed E-state index contributed by atoms with van der Waals surface area (Å²) in [5.74, 6) is 2.73. The van der Waals surface area contributed by atoms with Crippen LogP contribution in [0.15, 0.2) is 35.0 Å². The second-order valence-corrected chi connectivity index (χ2v) is 5.28. The summed E-state index contributed by atoms with van der Waals surface area (Å²) < 4.78 is 16.1. The minimum atomic E-state index is 0.335. The van der Waals surface area contributed by atoms with Gasteiger partial charge in [0.2, 0.25) is 0 Å². The summed E-state index contributed by atoms with van der Waals surface area (Å²) in [6.45, 7) is 6.52. The summed E-state index contributed by atoms with van der Waals surface area (Å²) in [7, 11) is 1.64. The number of hydrogen-bond donors (Lipinski definition) is 1. The summed E-state index contributed by atoms with van der Waals surface area (Å²) >= 11 is 0. The van der Waals surface area contributed by atoms with E-state index < -0.39 is 0 Å². The average molecular weight is 290 g/mol. The molecule has 0 bridgehead atoms. The van der Waals surface area contributed by atoms with E-state index in [1.807, 2.05) is 18.2 Å². The van der Waals surface area contributed by atoms with Gasteiger partial charge in [0.25, 0.3) is 0 Å². The largest absolute Gasteiger partial charge is 0.493 e. The van der Waals surface area contributed by atoms with Gasteiger partial charge in [0.05, 0.1) is 13.3 Å². The second kappa shape index (κ2) is 7.69. The first-order valence-electron chi connectivity index (χ1n) is 7.09. The van der Waals surface area contributed by atoms with Gasteiger partial charge in [-0.05, 0) is 30.2 Å². The summed E-state index contributed by atoms with van der Waals surface area (Å²) in [5.41, 5.74) is 1.17. The molecule has 1 N–H and O–H groups in total. The molecule has 21 heavy (non-hydrogen) atoms. The van der Waals surface area contributed by atoms with Gasteiger partial charge < -0.3 is 19.3 Å². The first kappa shape index (κ1) is 15.4. The van der Waals surface area contributed by atoms with E-state index in [1.54, 1.807) is 19.4 Å². The fraction of sp³-hybridized carbons (Fsp3) is 0.438. The first-order chi connectivity index (χ1) is 10.2. The molecule has 114 valence electrons. The van der Waals surface area contributed by atoms with Crippen molar-refractivity contribution >= 4 is 0 Å². The van der Waals surface area contributed by atoms with Crippen LogP contribution in [0, 0.1) is 5.92 Å². The Morgan fingerprint density at radius 3 is 2.76 bits per heavy atom. The maximum atomic E-state index is 5.69. The first-order valence-corrected chi connectivity index (χ1v) is 7.09. The molecule has 0 saturated heterocycles. The van der Waals surface area contributed by atoms with Crippen LogP contribution in [-0.2, 0) is 13.2 Å². The van der Waals surface area contributed by atoms with Gasteiger partial charge in [0, 0.05) is 12.6 Å². The van der Waals surface area contributed by atoms with Crippen LogP contribution in [0.2, 0.25) is 0 Å². The van der Waals surface area contributed by atoms with Gasteiger partial charge >= 0.3 is 0 Å². The number of methoxy groups -OCH3 is 1. The van der Waals surface area contributed by atoms with E-state index in [2.05, 4.69) is 24.3 Å². The van der Waals surface area contributed by atoms with Crippen molar-refractivity contribution in [2.24, 2.45) is 5.92 Å². The third-order valence-electron chi connectivity index (χ3n) is 2.97. The smallest absolute Gasteiger partial charge is 0.174 e. The van der Waals surface area contributed by atoms with E-state index in [-0.39, 0.29) is 0 Å². The van der Waals surface area contributed by atoms with E-state index in [4.69, 9.17) is 14.0 Å². The lowest BCUT2D eigenvalue weighted by atomic mass is 10.2. The summed E-state index contributed by atoms with van der Waals surface area (Å²) in [4.78, 5) is 0. The lowest BCUT2D eigenvalue weighted by molar-refractivity contribution is 0.239. The third-order valence-corrected chi connectivity index (χ3v) is 2.97. The monoisotopic (exact) mass is 290 g/mol. The minimum Gasteiger partial charge on any atom is -0.493 e. The molecular weight excluding hydrogens is 268 g/mol. The lowest BCUT2D eigenvalue weighted by Gasteiger charge is -2.12. The SMILES string of the molecule is COc1cc(CNCC(C)C)ccc1OCc1ccno1. The number of aromatic nitrogens is 1. The van der Waals surface area contributed by atoms with Gasteiger partial charge in [-0.25, -0.2) is 0 Å². The zero-order valence-electron chi connectivity index (χ0n) is 12.8. The number of rotatable bonds is 8. The topological polar surface area (TPSA) is 56.5 Å². The van der Waals surface area contributed by atoms with Crippen LogP contribution < -0.4 is 14.8 Å². The molecule has 0 amide bonds. The molecule has 2 rings (SSSR count).